The van der Waals surface area contributed by atoms with Crippen LogP contribution in [0.1, 0.15) is 38.1 Å². The summed E-state index contributed by atoms with van der Waals surface area (Å²) >= 11 is 0. The first kappa shape index (κ1) is 15.0. The van der Waals surface area contributed by atoms with Crippen molar-refractivity contribution < 1.29 is 19.4 Å². The number of carboxylic acids is 1. The van der Waals surface area contributed by atoms with E-state index in [2.05, 4.69) is 5.32 Å². The van der Waals surface area contributed by atoms with Crippen molar-refractivity contribution >= 4 is 11.9 Å². The quantitative estimate of drug-likeness (QED) is 0.873. The predicted octanol–water partition coefficient (Wildman–Crippen LogP) is 2.07. The SMILES string of the molecule is CC(Oc1ccc(C(=O)O)cc1)C(=O)NC(C)(C)C. The summed E-state index contributed by atoms with van der Waals surface area (Å²) < 4.78 is 5.45. The van der Waals surface area contributed by atoms with Crippen molar-refractivity contribution in [3.63, 3.8) is 0 Å². The molecule has 1 aromatic rings. The molecule has 1 amide bonds. The molecule has 1 atom stereocenters. The van der Waals surface area contributed by atoms with E-state index in [9.17, 15) is 9.59 Å². The number of carbonyl (C=O) groups is 2. The van der Waals surface area contributed by atoms with Crippen LogP contribution < -0.4 is 10.1 Å². The van der Waals surface area contributed by atoms with E-state index in [-0.39, 0.29) is 17.0 Å². The van der Waals surface area contributed by atoms with Crippen LogP contribution in [0.15, 0.2) is 24.3 Å². The second-order valence-corrected chi connectivity index (χ2v) is 5.33. The van der Waals surface area contributed by atoms with Gasteiger partial charge in [-0.2, -0.15) is 0 Å². The fourth-order valence-electron chi connectivity index (χ4n) is 1.40. The summed E-state index contributed by atoms with van der Waals surface area (Å²) in [6, 6.07) is 5.94. The fourth-order valence-corrected chi connectivity index (χ4v) is 1.40. The molecule has 0 saturated heterocycles. The zero-order valence-electron chi connectivity index (χ0n) is 11.6. The number of ether oxygens (including phenoxy) is 1. The zero-order chi connectivity index (χ0) is 14.6. The Morgan fingerprint density at radius 3 is 2.16 bits per heavy atom. The number of benzene rings is 1. The van der Waals surface area contributed by atoms with Gasteiger partial charge in [-0.1, -0.05) is 0 Å². The highest BCUT2D eigenvalue weighted by Crippen LogP contribution is 2.14. The second-order valence-electron chi connectivity index (χ2n) is 5.33. The highest BCUT2D eigenvalue weighted by atomic mass is 16.5. The van der Waals surface area contributed by atoms with E-state index in [0.29, 0.717) is 5.75 Å². The van der Waals surface area contributed by atoms with E-state index in [1.165, 1.54) is 24.3 Å². The minimum Gasteiger partial charge on any atom is -0.481 e. The summed E-state index contributed by atoms with van der Waals surface area (Å²) in [4.78, 5) is 22.5. The lowest BCUT2D eigenvalue weighted by molar-refractivity contribution is -0.128. The van der Waals surface area contributed by atoms with Crippen molar-refractivity contribution in [2.45, 2.75) is 39.3 Å². The number of aromatic carboxylic acids is 1. The molecule has 104 valence electrons. The van der Waals surface area contributed by atoms with Crippen LogP contribution in [0.4, 0.5) is 0 Å². The Morgan fingerprint density at radius 2 is 1.74 bits per heavy atom. The molecule has 0 spiro atoms. The molecular weight excluding hydrogens is 246 g/mol. The van der Waals surface area contributed by atoms with Gasteiger partial charge in [-0.3, -0.25) is 4.79 Å². The number of amides is 1. The van der Waals surface area contributed by atoms with Gasteiger partial charge < -0.3 is 15.2 Å². The Balaban J connectivity index is 2.64. The van der Waals surface area contributed by atoms with Gasteiger partial charge in [0.15, 0.2) is 6.10 Å². The smallest absolute Gasteiger partial charge is 0.335 e. The molecule has 0 bridgehead atoms. The molecule has 0 radical (unpaired) electrons. The highest BCUT2D eigenvalue weighted by molar-refractivity contribution is 5.87. The van der Waals surface area contributed by atoms with Gasteiger partial charge in [-0.15, -0.1) is 0 Å². The van der Waals surface area contributed by atoms with Crippen molar-refractivity contribution in [3.8, 4) is 5.75 Å². The number of carbonyl (C=O) groups excluding carboxylic acids is 1. The Hall–Kier alpha value is -2.04. The third-order valence-electron chi connectivity index (χ3n) is 2.28. The van der Waals surface area contributed by atoms with Gasteiger partial charge in [0.25, 0.3) is 5.91 Å². The van der Waals surface area contributed by atoms with Crippen molar-refractivity contribution in [2.75, 3.05) is 0 Å². The van der Waals surface area contributed by atoms with E-state index in [1.54, 1.807) is 6.92 Å². The highest BCUT2D eigenvalue weighted by Gasteiger charge is 2.20. The maximum Gasteiger partial charge on any atom is 0.335 e. The standard InChI is InChI=1S/C14H19NO4/c1-9(12(16)15-14(2,3)4)19-11-7-5-10(6-8-11)13(17)18/h5-9H,1-4H3,(H,15,16)(H,17,18). The molecule has 1 aromatic carbocycles. The van der Waals surface area contributed by atoms with E-state index in [4.69, 9.17) is 9.84 Å². The van der Waals surface area contributed by atoms with Gasteiger partial charge in [0, 0.05) is 5.54 Å². The Bertz CT molecular complexity index is 459. The van der Waals surface area contributed by atoms with Crippen LogP contribution in [-0.4, -0.2) is 28.6 Å². The molecule has 19 heavy (non-hydrogen) atoms. The van der Waals surface area contributed by atoms with Crippen molar-refractivity contribution in [1.82, 2.24) is 5.32 Å². The molecule has 0 aromatic heterocycles. The minimum absolute atomic E-state index is 0.180. The predicted molar refractivity (Wildman–Crippen MR) is 71.4 cm³/mol. The molecule has 5 heteroatoms. The monoisotopic (exact) mass is 265 g/mol. The van der Waals surface area contributed by atoms with E-state index >= 15 is 0 Å². The number of rotatable bonds is 4. The first-order chi connectivity index (χ1) is 8.69. The number of nitrogens with one attached hydrogen (secondary N) is 1. The second kappa shape index (κ2) is 5.73. The maximum atomic E-state index is 11.8. The Kier molecular flexibility index (Phi) is 4.53. The molecule has 2 N–H and O–H groups in total. The van der Waals surface area contributed by atoms with Crippen LogP contribution in [-0.2, 0) is 4.79 Å². The van der Waals surface area contributed by atoms with Gasteiger partial charge in [-0.05, 0) is 52.0 Å². The van der Waals surface area contributed by atoms with Crippen molar-refractivity contribution in [2.24, 2.45) is 0 Å². The lowest BCUT2D eigenvalue weighted by Gasteiger charge is -2.23. The molecule has 1 rings (SSSR count). The molecule has 1 unspecified atom stereocenters. The zero-order valence-corrected chi connectivity index (χ0v) is 11.6. The average molecular weight is 265 g/mol. The Morgan fingerprint density at radius 1 is 1.21 bits per heavy atom. The fraction of sp³-hybridized carbons (Fsp3) is 0.429. The topological polar surface area (TPSA) is 75.6 Å². The van der Waals surface area contributed by atoms with E-state index in [0.717, 1.165) is 0 Å². The number of carboxylic acid groups (broad SMARTS) is 1. The summed E-state index contributed by atoms with van der Waals surface area (Å²) in [5.74, 6) is -0.749. The summed E-state index contributed by atoms with van der Waals surface area (Å²) in [5.41, 5.74) is -0.138. The number of hydrogen-bond acceptors (Lipinski definition) is 3. The third-order valence-corrected chi connectivity index (χ3v) is 2.28. The van der Waals surface area contributed by atoms with Gasteiger partial charge in [-0.25, -0.2) is 4.79 Å². The maximum absolute atomic E-state index is 11.8. The Labute approximate surface area is 112 Å². The molecular formula is C14H19NO4. The molecule has 0 aliphatic rings. The van der Waals surface area contributed by atoms with Gasteiger partial charge in [0.2, 0.25) is 0 Å². The van der Waals surface area contributed by atoms with Crippen LogP contribution in [0, 0.1) is 0 Å². The summed E-state index contributed by atoms with van der Waals surface area (Å²) in [6.45, 7) is 7.31. The van der Waals surface area contributed by atoms with Crippen LogP contribution >= 0.6 is 0 Å². The average Bonchev–Trinajstić information content (AvgIpc) is 2.27. The minimum atomic E-state index is -0.995. The molecule has 5 nitrogen and oxygen atoms in total. The van der Waals surface area contributed by atoms with Crippen LogP contribution in [0.3, 0.4) is 0 Å². The number of hydrogen-bond donors (Lipinski definition) is 2. The lowest BCUT2D eigenvalue weighted by Crippen LogP contribution is -2.46. The van der Waals surface area contributed by atoms with Crippen molar-refractivity contribution in [3.05, 3.63) is 29.8 Å². The van der Waals surface area contributed by atoms with Gasteiger partial charge in [0.05, 0.1) is 5.56 Å². The summed E-state index contributed by atoms with van der Waals surface area (Å²) in [6.07, 6.45) is -0.644. The van der Waals surface area contributed by atoms with Crippen LogP contribution in [0.5, 0.6) is 5.75 Å². The normalized spacial score (nSPS) is 12.6. The molecule has 0 heterocycles. The lowest BCUT2D eigenvalue weighted by atomic mass is 10.1. The van der Waals surface area contributed by atoms with Gasteiger partial charge in [0.1, 0.15) is 5.75 Å². The van der Waals surface area contributed by atoms with Crippen molar-refractivity contribution in [1.29, 1.82) is 0 Å². The molecule has 0 fully saturated rings. The first-order valence-electron chi connectivity index (χ1n) is 6.01. The third kappa shape index (κ3) is 4.99. The van der Waals surface area contributed by atoms with Crippen LogP contribution in [0.25, 0.3) is 0 Å². The molecule has 0 aliphatic heterocycles. The van der Waals surface area contributed by atoms with E-state index in [1.807, 2.05) is 20.8 Å². The van der Waals surface area contributed by atoms with E-state index < -0.39 is 12.1 Å². The largest absolute Gasteiger partial charge is 0.481 e. The first-order valence-corrected chi connectivity index (χ1v) is 6.01. The molecule has 0 aliphatic carbocycles. The van der Waals surface area contributed by atoms with Gasteiger partial charge >= 0.3 is 5.97 Å². The summed E-state index contributed by atoms with van der Waals surface area (Å²) in [7, 11) is 0. The summed E-state index contributed by atoms with van der Waals surface area (Å²) in [5, 5.41) is 11.6. The molecule has 0 saturated carbocycles. The van der Waals surface area contributed by atoms with Crippen LogP contribution in [0.2, 0.25) is 0 Å².